The van der Waals surface area contributed by atoms with E-state index in [1.54, 1.807) is 12.1 Å². The van der Waals surface area contributed by atoms with Gasteiger partial charge in [0.05, 0.1) is 11.1 Å². The first kappa shape index (κ1) is 13.3. The molecular weight excluding hydrogens is 272 g/mol. The molecule has 1 N–H and O–H groups in total. The van der Waals surface area contributed by atoms with E-state index >= 15 is 0 Å². The van der Waals surface area contributed by atoms with Crippen LogP contribution < -0.4 is 5.32 Å². The molecule has 0 heterocycles. The number of halogens is 3. The van der Waals surface area contributed by atoms with E-state index in [0.717, 1.165) is 11.1 Å². The quantitative estimate of drug-likeness (QED) is 0.878. The Labute approximate surface area is 116 Å². The standard InChI is InChI=1S/C14H12Cl2FN/c1-18-14(9-2-5-11(15)6-3-9)10-4-7-12(16)13(17)8-10/h2-8,14,18H,1H3. The average molecular weight is 284 g/mol. The molecule has 0 aliphatic heterocycles. The van der Waals surface area contributed by atoms with Gasteiger partial charge in [0.1, 0.15) is 5.82 Å². The molecule has 0 aliphatic carbocycles. The molecule has 1 unspecified atom stereocenters. The van der Waals surface area contributed by atoms with Crippen molar-refractivity contribution in [1.82, 2.24) is 5.32 Å². The van der Waals surface area contributed by atoms with Crippen LogP contribution in [0.3, 0.4) is 0 Å². The third kappa shape index (κ3) is 2.83. The lowest BCUT2D eigenvalue weighted by Gasteiger charge is -2.17. The van der Waals surface area contributed by atoms with Crippen molar-refractivity contribution in [3.8, 4) is 0 Å². The maximum absolute atomic E-state index is 13.5. The molecule has 4 heteroatoms. The monoisotopic (exact) mass is 283 g/mol. The van der Waals surface area contributed by atoms with Crippen LogP contribution in [0.4, 0.5) is 4.39 Å². The molecule has 1 atom stereocenters. The van der Waals surface area contributed by atoms with Crippen molar-refractivity contribution in [2.75, 3.05) is 7.05 Å². The third-order valence-electron chi connectivity index (χ3n) is 2.77. The molecule has 0 fully saturated rings. The number of rotatable bonds is 3. The van der Waals surface area contributed by atoms with Crippen molar-refractivity contribution in [3.63, 3.8) is 0 Å². The Kier molecular flexibility index (Phi) is 4.23. The first-order valence-electron chi connectivity index (χ1n) is 5.49. The second-order valence-corrected chi connectivity index (χ2v) is 4.79. The van der Waals surface area contributed by atoms with Crippen LogP contribution in [0.5, 0.6) is 0 Å². The van der Waals surface area contributed by atoms with Crippen molar-refractivity contribution in [1.29, 1.82) is 0 Å². The maximum Gasteiger partial charge on any atom is 0.142 e. The topological polar surface area (TPSA) is 12.0 Å². The van der Waals surface area contributed by atoms with E-state index in [9.17, 15) is 4.39 Å². The Hall–Kier alpha value is -1.09. The van der Waals surface area contributed by atoms with Crippen molar-refractivity contribution < 1.29 is 4.39 Å². The Morgan fingerprint density at radius 1 is 1.00 bits per heavy atom. The highest BCUT2D eigenvalue weighted by molar-refractivity contribution is 6.30. The zero-order valence-corrected chi connectivity index (χ0v) is 11.3. The molecule has 0 aromatic heterocycles. The predicted molar refractivity (Wildman–Crippen MR) is 73.8 cm³/mol. The smallest absolute Gasteiger partial charge is 0.142 e. The van der Waals surface area contributed by atoms with Gasteiger partial charge >= 0.3 is 0 Å². The summed E-state index contributed by atoms with van der Waals surface area (Å²) in [5.41, 5.74) is 1.84. The van der Waals surface area contributed by atoms with Crippen molar-refractivity contribution in [2.24, 2.45) is 0 Å². The highest BCUT2D eigenvalue weighted by Gasteiger charge is 2.13. The molecule has 1 nitrogen and oxygen atoms in total. The summed E-state index contributed by atoms with van der Waals surface area (Å²) in [6.45, 7) is 0. The summed E-state index contributed by atoms with van der Waals surface area (Å²) in [5.74, 6) is -0.414. The van der Waals surface area contributed by atoms with E-state index < -0.39 is 5.82 Å². The number of benzene rings is 2. The first-order valence-corrected chi connectivity index (χ1v) is 6.25. The molecule has 2 aromatic rings. The van der Waals surface area contributed by atoms with Crippen LogP contribution in [0.1, 0.15) is 17.2 Å². The average Bonchev–Trinajstić information content (AvgIpc) is 2.37. The molecule has 18 heavy (non-hydrogen) atoms. The fourth-order valence-electron chi connectivity index (χ4n) is 1.87. The second kappa shape index (κ2) is 5.70. The second-order valence-electron chi connectivity index (χ2n) is 3.95. The molecule has 0 aliphatic rings. The van der Waals surface area contributed by atoms with Crippen molar-refractivity contribution in [2.45, 2.75) is 6.04 Å². The summed E-state index contributed by atoms with van der Waals surface area (Å²) in [7, 11) is 1.83. The number of hydrogen-bond donors (Lipinski definition) is 1. The zero-order valence-electron chi connectivity index (χ0n) is 9.75. The van der Waals surface area contributed by atoms with Crippen LogP contribution in [-0.4, -0.2) is 7.05 Å². The van der Waals surface area contributed by atoms with Gasteiger partial charge in [-0.3, -0.25) is 0 Å². The summed E-state index contributed by atoms with van der Waals surface area (Å²) < 4.78 is 13.5. The molecule has 0 saturated carbocycles. The molecule has 0 spiro atoms. The molecule has 94 valence electrons. The Morgan fingerprint density at radius 3 is 2.17 bits per heavy atom. The lowest BCUT2D eigenvalue weighted by atomic mass is 9.99. The van der Waals surface area contributed by atoms with Gasteiger partial charge in [0.15, 0.2) is 0 Å². The summed E-state index contributed by atoms with van der Waals surface area (Å²) in [4.78, 5) is 0. The SMILES string of the molecule is CNC(c1ccc(Cl)cc1)c1ccc(Cl)c(F)c1. The van der Waals surface area contributed by atoms with Gasteiger partial charge in [0, 0.05) is 5.02 Å². The van der Waals surface area contributed by atoms with Gasteiger partial charge in [0.25, 0.3) is 0 Å². The minimum Gasteiger partial charge on any atom is -0.309 e. The zero-order chi connectivity index (χ0) is 13.1. The van der Waals surface area contributed by atoms with Gasteiger partial charge in [-0.15, -0.1) is 0 Å². The molecule has 2 rings (SSSR count). The van der Waals surface area contributed by atoms with E-state index in [1.807, 2.05) is 31.3 Å². The van der Waals surface area contributed by atoms with E-state index in [4.69, 9.17) is 23.2 Å². The minimum atomic E-state index is -0.414. The van der Waals surface area contributed by atoms with Crippen LogP contribution in [0.15, 0.2) is 42.5 Å². The number of hydrogen-bond acceptors (Lipinski definition) is 1. The van der Waals surface area contributed by atoms with Gasteiger partial charge in [-0.2, -0.15) is 0 Å². The number of nitrogens with one attached hydrogen (secondary N) is 1. The fraction of sp³-hybridized carbons (Fsp3) is 0.143. The van der Waals surface area contributed by atoms with Gasteiger partial charge in [-0.05, 0) is 42.4 Å². The maximum atomic E-state index is 13.5. The van der Waals surface area contributed by atoms with Crippen molar-refractivity contribution in [3.05, 3.63) is 69.5 Å². The van der Waals surface area contributed by atoms with Crippen molar-refractivity contribution >= 4 is 23.2 Å². The molecule has 0 bridgehead atoms. The van der Waals surface area contributed by atoms with Gasteiger partial charge < -0.3 is 5.32 Å². The lowest BCUT2D eigenvalue weighted by molar-refractivity contribution is 0.617. The Balaban J connectivity index is 2.38. The third-order valence-corrected chi connectivity index (χ3v) is 3.33. The Morgan fingerprint density at radius 2 is 1.61 bits per heavy atom. The molecule has 0 radical (unpaired) electrons. The van der Waals surface area contributed by atoms with E-state index in [0.29, 0.717) is 5.02 Å². The first-order chi connectivity index (χ1) is 8.61. The van der Waals surface area contributed by atoms with E-state index in [-0.39, 0.29) is 11.1 Å². The summed E-state index contributed by atoms with van der Waals surface area (Å²) >= 11 is 11.5. The highest BCUT2D eigenvalue weighted by Crippen LogP contribution is 2.26. The molecule has 0 saturated heterocycles. The molecule has 0 amide bonds. The Bertz CT molecular complexity index is 540. The summed E-state index contributed by atoms with van der Waals surface area (Å²) in [6, 6.07) is 12.2. The fourth-order valence-corrected chi connectivity index (χ4v) is 2.12. The van der Waals surface area contributed by atoms with E-state index in [1.165, 1.54) is 6.07 Å². The largest absolute Gasteiger partial charge is 0.309 e. The van der Waals surface area contributed by atoms with Crippen LogP contribution in [-0.2, 0) is 0 Å². The predicted octanol–water partition coefficient (Wildman–Crippen LogP) is 4.44. The lowest BCUT2D eigenvalue weighted by Crippen LogP contribution is -2.17. The van der Waals surface area contributed by atoms with Crippen LogP contribution in [0, 0.1) is 5.82 Å². The molecule has 2 aromatic carbocycles. The van der Waals surface area contributed by atoms with Crippen LogP contribution >= 0.6 is 23.2 Å². The minimum absolute atomic E-state index is 0.0889. The van der Waals surface area contributed by atoms with Gasteiger partial charge in [-0.1, -0.05) is 41.4 Å². The van der Waals surface area contributed by atoms with E-state index in [2.05, 4.69) is 5.32 Å². The van der Waals surface area contributed by atoms with Crippen LogP contribution in [0.2, 0.25) is 10.0 Å². The summed E-state index contributed by atoms with van der Waals surface area (Å²) in [6.07, 6.45) is 0. The normalized spacial score (nSPS) is 12.4. The molecular formula is C14H12Cl2FN. The van der Waals surface area contributed by atoms with Crippen LogP contribution in [0.25, 0.3) is 0 Å². The van der Waals surface area contributed by atoms with Gasteiger partial charge in [-0.25, -0.2) is 4.39 Å². The van der Waals surface area contributed by atoms with Gasteiger partial charge in [0.2, 0.25) is 0 Å². The highest BCUT2D eigenvalue weighted by atomic mass is 35.5. The summed E-state index contributed by atoms with van der Waals surface area (Å²) in [5, 5.41) is 3.95.